The third kappa shape index (κ3) is 2.45. The quantitative estimate of drug-likeness (QED) is 0.771. The number of nitrogens with one attached hydrogen (secondary N) is 1. The highest BCUT2D eigenvalue weighted by molar-refractivity contribution is 6.16. The smallest absolute Gasteiger partial charge is 0.201 e. The van der Waals surface area contributed by atoms with Gasteiger partial charge in [-0.05, 0) is 17.7 Å². The molecule has 0 spiro atoms. The van der Waals surface area contributed by atoms with Crippen LogP contribution in [0.25, 0.3) is 0 Å². The number of carbonyl (C=O) groups is 2. The third-order valence-electron chi connectivity index (χ3n) is 2.28. The number of hydrogen-bond donors (Lipinski definition) is 1. The molecular formula is C13H11NO2. The Balaban J connectivity index is 2.01. The fraction of sp³-hybridized carbons (Fsp3) is 0.0769. The Morgan fingerprint density at radius 1 is 1.00 bits per heavy atom. The van der Waals surface area contributed by atoms with E-state index in [2.05, 4.69) is 5.32 Å². The van der Waals surface area contributed by atoms with Crippen molar-refractivity contribution in [3.63, 3.8) is 0 Å². The summed E-state index contributed by atoms with van der Waals surface area (Å²) in [4.78, 5) is 22.5. The van der Waals surface area contributed by atoms with Crippen molar-refractivity contribution in [2.45, 2.75) is 6.54 Å². The summed E-state index contributed by atoms with van der Waals surface area (Å²) in [5.74, 6) is -0.314. The molecule has 0 atom stereocenters. The number of ketones is 2. The SMILES string of the molecule is O=C1C=CC(=O)C(NCc2ccccc2)=C1. The van der Waals surface area contributed by atoms with Crippen molar-refractivity contribution in [1.82, 2.24) is 5.32 Å². The van der Waals surface area contributed by atoms with E-state index in [0.717, 1.165) is 5.56 Å². The largest absolute Gasteiger partial charge is 0.378 e. The van der Waals surface area contributed by atoms with E-state index in [0.29, 0.717) is 12.2 Å². The van der Waals surface area contributed by atoms with Gasteiger partial charge in [0.25, 0.3) is 0 Å². The summed E-state index contributed by atoms with van der Waals surface area (Å²) in [7, 11) is 0. The summed E-state index contributed by atoms with van der Waals surface area (Å²) in [6.07, 6.45) is 3.89. The lowest BCUT2D eigenvalue weighted by Crippen LogP contribution is -2.22. The molecule has 0 aromatic heterocycles. The Hall–Kier alpha value is -2.16. The summed E-state index contributed by atoms with van der Waals surface area (Å²) >= 11 is 0. The average Bonchev–Trinajstić information content (AvgIpc) is 2.32. The average molecular weight is 213 g/mol. The van der Waals surface area contributed by atoms with Gasteiger partial charge in [0.2, 0.25) is 5.78 Å². The summed E-state index contributed by atoms with van der Waals surface area (Å²) in [5.41, 5.74) is 1.43. The Bertz CT molecular complexity index is 472. The maximum Gasteiger partial charge on any atom is 0.201 e. The fourth-order valence-electron chi connectivity index (χ4n) is 1.44. The van der Waals surface area contributed by atoms with Crippen LogP contribution in [0, 0.1) is 0 Å². The van der Waals surface area contributed by atoms with Gasteiger partial charge in [-0.3, -0.25) is 9.59 Å². The van der Waals surface area contributed by atoms with E-state index in [9.17, 15) is 9.59 Å². The molecule has 0 amide bonds. The van der Waals surface area contributed by atoms with Gasteiger partial charge in [0.15, 0.2) is 5.78 Å². The zero-order valence-electron chi connectivity index (χ0n) is 8.64. The first-order valence-corrected chi connectivity index (χ1v) is 5.01. The first-order chi connectivity index (χ1) is 7.75. The molecule has 3 heteroatoms. The minimum absolute atomic E-state index is 0.157. The maximum atomic E-state index is 11.4. The minimum Gasteiger partial charge on any atom is -0.378 e. The normalized spacial score (nSPS) is 14.9. The van der Waals surface area contributed by atoms with Gasteiger partial charge in [0, 0.05) is 12.6 Å². The summed E-state index contributed by atoms with van der Waals surface area (Å²) in [5, 5.41) is 2.96. The zero-order valence-corrected chi connectivity index (χ0v) is 8.64. The van der Waals surface area contributed by atoms with E-state index in [4.69, 9.17) is 0 Å². The Labute approximate surface area is 93.5 Å². The first-order valence-electron chi connectivity index (χ1n) is 5.01. The molecule has 3 nitrogen and oxygen atoms in total. The van der Waals surface area contributed by atoms with Crippen molar-refractivity contribution in [2.24, 2.45) is 0 Å². The molecule has 0 saturated carbocycles. The molecule has 1 aromatic carbocycles. The van der Waals surface area contributed by atoms with Gasteiger partial charge in [-0.1, -0.05) is 30.3 Å². The summed E-state index contributed by atoms with van der Waals surface area (Å²) < 4.78 is 0. The van der Waals surface area contributed by atoms with Crippen LogP contribution in [0.2, 0.25) is 0 Å². The van der Waals surface area contributed by atoms with E-state index in [1.165, 1.54) is 18.2 Å². The van der Waals surface area contributed by atoms with E-state index >= 15 is 0 Å². The lowest BCUT2D eigenvalue weighted by Gasteiger charge is -2.09. The molecule has 1 aromatic rings. The van der Waals surface area contributed by atoms with E-state index in [1.807, 2.05) is 30.3 Å². The van der Waals surface area contributed by atoms with Crippen molar-refractivity contribution >= 4 is 11.6 Å². The van der Waals surface area contributed by atoms with Gasteiger partial charge in [0.05, 0.1) is 5.70 Å². The van der Waals surface area contributed by atoms with Gasteiger partial charge in [-0.25, -0.2) is 0 Å². The summed E-state index contributed by atoms with van der Waals surface area (Å²) in [6, 6.07) is 9.70. The zero-order chi connectivity index (χ0) is 11.4. The van der Waals surface area contributed by atoms with Crippen LogP contribution in [-0.4, -0.2) is 11.6 Å². The van der Waals surface area contributed by atoms with Crippen LogP contribution in [0.4, 0.5) is 0 Å². The van der Waals surface area contributed by atoms with Crippen molar-refractivity contribution in [3.05, 3.63) is 59.8 Å². The molecule has 0 bridgehead atoms. The number of rotatable bonds is 3. The van der Waals surface area contributed by atoms with Crippen LogP contribution < -0.4 is 5.32 Å². The Morgan fingerprint density at radius 2 is 1.75 bits per heavy atom. The van der Waals surface area contributed by atoms with Crippen LogP contribution in [0.5, 0.6) is 0 Å². The summed E-state index contributed by atoms with van der Waals surface area (Å²) in [6.45, 7) is 0.541. The molecule has 0 unspecified atom stereocenters. The second-order valence-corrected chi connectivity index (χ2v) is 3.50. The minimum atomic E-state index is -0.157. The number of benzene rings is 1. The van der Waals surface area contributed by atoms with Gasteiger partial charge in [-0.15, -0.1) is 0 Å². The van der Waals surface area contributed by atoms with E-state index in [1.54, 1.807) is 0 Å². The van der Waals surface area contributed by atoms with Gasteiger partial charge >= 0.3 is 0 Å². The molecule has 1 aliphatic rings. The molecule has 80 valence electrons. The third-order valence-corrected chi connectivity index (χ3v) is 2.28. The number of hydrogen-bond acceptors (Lipinski definition) is 3. The van der Waals surface area contributed by atoms with Crippen molar-refractivity contribution in [2.75, 3.05) is 0 Å². The molecule has 1 aliphatic carbocycles. The number of allylic oxidation sites excluding steroid dienone is 3. The van der Waals surface area contributed by atoms with Gasteiger partial charge in [-0.2, -0.15) is 0 Å². The number of carbonyl (C=O) groups excluding carboxylic acids is 2. The van der Waals surface area contributed by atoms with Crippen molar-refractivity contribution in [1.29, 1.82) is 0 Å². The lowest BCUT2D eigenvalue weighted by atomic mass is 10.1. The first kappa shape index (κ1) is 10.4. The van der Waals surface area contributed by atoms with Gasteiger partial charge < -0.3 is 5.32 Å². The highest BCUT2D eigenvalue weighted by Crippen LogP contribution is 2.04. The monoisotopic (exact) mass is 213 g/mol. The Morgan fingerprint density at radius 3 is 2.50 bits per heavy atom. The molecule has 16 heavy (non-hydrogen) atoms. The highest BCUT2D eigenvalue weighted by Gasteiger charge is 2.12. The van der Waals surface area contributed by atoms with Crippen LogP contribution in [0.15, 0.2) is 54.3 Å². The van der Waals surface area contributed by atoms with Crippen LogP contribution in [0.3, 0.4) is 0 Å². The van der Waals surface area contributed by atoms with Crippen molar-refractivity contribution in [3.8, 4) is 0 Å². The molecule has 0 heterocycles. The van der Waals surface area contributed by atoms with Gasteiger partial charge in [0.1, 0.15) is 0 Å². The standard InChI is InChI=1S/C13H11NO2/c15-11-6-7-13(16)12(8-11)14-9-10-4-2-1-3-5-10/h1-8,14H,9H2. The second-order valence-electron chi connectivity index (χ2n) is 3.50. The highest BCUT2D eigenvalue weighted by atomic mass is 16.1. The van der Waals surface area contributed by atoms with Crippen molar-refractivity contribution < 1.29 is 9.59 Å². The van der Waals surface area contributed by atoms with Crippen LogP contribution in [0.1, 0.15) is 5.56 Å². The molecule has 2 rings (SSSR count). The fourth-order valence-corrected chi connectivity index (χ4v) is 1.44. The predicted octanol–water partition coefficient (Wildman–Crippen LogP) is 1.37. The predicted molar refractivity (Wildman–Crippen MR) is 60.5 cm³/mol. The Kier molecular flexibility index (Phi) is 2.96. The molecule has 0 fully saturated rings. The topological polar surface area (TPSA) is 46.2 Å². The van der Waals surface area contributed by atoms with Crippen LogP contribution in [-0.2, 0) is 16.1 Å². The van der Waals surface area contributed by atoms with Crippen LogP contribution >= 0.6 is 0 Å². The van der Waals surface area contributed by atoms with E-state index < -0.39 is 0 Å². The lowest BCUT2D eigenvalue weighted by molar-refractivity contribution is -0.114. The molecule has 1 N–H and O–H groups in total. The molecule has 0 aliphatic heterocycles. The second kappa shape index (κ2) is 4.57. The van der Waals surface area contributed by atoms with E-state index in [-0.39, 0.29) is 11.6 Å². The molecular weight excluding hydrogens is 202 g/mol. The molecule has 0 saturated heterocycles. The molecule has 0 radical (unpaired) electrons. The maximum absolute atomic E-state index is 11.4.